The van der Waals surface area contributed by atoms with Gasteiger partial charge in [-0.3, -0.25) is 4.79 Å². The molecule has 0 aliphatic rings. The minimum Gasteiger partial charge on any atom is -0.348 e. The van der Waals surface area contributed by atoms with Crippen LogP contribution in [0.2, 0.25) is 0 Å². The van der Waals surface area contributed by atoms with Crippen LogP contribution in [0.15, 0.2) is 42.7 Å². The van der Waals surface area contributed by atoms with Crippen LogP contribution in [0.5, 0.6) is 0 Å². The number of aromatic nitrogens is 2. The van der Waals surface area contributed by atoms with Crippen molar-refractivity contribution in [3.05, 3.63) is 54.1 Å². The quantitative estimate of drug-likeness (QED) is 0.810. The highest BCUT2D eigenvalue weighted by molar-refractivity contribution is 5.97. The number of nitrogens with zero attached hydrogens (tertiary/aromatic N) is 1. The van der Waals surface area contributed by atoms with E-state index >= 15 is 0 Å². The van der Waals surface area contributed by atoms with E-state index in [1.165, 1.54) is 0 Å². The number of carbonyl (C=O) groups is 1. The van der Waals surface area contributed by atoms with Crippen molar-refractivity contribution in [3.8, 4) is 0 Å². The molecule has 4 heteroatoms. The van der Waals surface area contributed by atoms with E-state index in [1.807, 2.05) is 30.3 Å². The second-order valence-corrected chi connectivity index (χ2v) is 3.00. The molecule has 2 rings (SSSR count). The average molecular weight is 223 g/mol. The third-order valence-corrected chi connectivity index (χ3v) is 1.98. The van der Waals surface area contributed by atoms with E-state index in [0.29, 0.717) is 12.2 Å². The summed E-state index contributed by atoms with van der Waals surface area (Å²) in [7, 11) is 0. The van der Waals surface area contributed by atoms with E-state index in [0.717, 1.165) is 5.56 Å². The molecule has 0 unspecified atom stereocenters. The molecule has 0 radical (unpaired) electrons. The SMILES string of the molecule is Cl.O=C(Cc1ncc[nH]1)c1ccccc1. The van der Waals surface area contributed by atoms with Gasteiger partial charge in [0.1, 0.15) is 5.82 Å². The number of carbonyl (C=O) groups excluding carboxylic acids is 1. The molecule has 0 bridgehead atoms. The second kappa shape index (κ2) is 5.32. The highest BCUT2D eigenvalue weighted by atomic mass is 35.5. The number of Topliss-reactive ketones (excluding diaryl/α,β-unsaturated/α-hetero) is 1. The maximum atomic E-state index is 11.7. The van der Waals surface area contributed by atoms with Gasteiger partial charge in [-0.1, -0.05) is 30.3 Å². The molecule has 3 nitrogen and oxygen atoms in total. The van der Waals surface area contributed by atoms with Crippen LogP contribution in [-0.4, -0.2) is 15.8 Å². The first kappa shape index (κ1) is 11.5. The van der Waals surface area contributed by atoms with Crippen LogP contribution in [-0.2, 0) is 6.42 Å². The summed E-state index contributed by atoms with van der Waals surface area (Å²) in [4.78, 5) is 18.6. The molecule has 0 amide bonds. The predicted molar refractivity (Wildman–Crippen MR) is 60.3 cm³/mol. The normalized spacial score (nSPS) is 9.33. The van der Waals surface area contributed by atoms with Crippen LogP contribution in [0.4, 0.5) is 0 Å². The van der Waals surface area contributed by atoms with Gasteiger partial charge in [-0.15, -0.1) is 12.4 Å². The predicted octanol–water partition coefficient (Wildman–Crippen LogP) is 2.26. The molecule has 0 aliphatic heterocycles. The fraction of sp³-hybridized carbons (Fsp3) is 0.0909. The number of nitrogens with one attached hydrogen (secondary N) is 1. The molecule has 1 N–H and O–H groups in total. The molecule has 1 aromatic carbocycles. The van der Waals surface area contributed by atoms with E-state index in [4.69, 9.17) is 0 Å². The average Bonchev–Trinajstić information content (AvgIpc) is 2.72. The maximum absolute atomic E-state index is 11.7. The van der Waals surface area contributed by atoms with Gasteiger partial charge in [0.2, 0.25) is 0 Å². The number of hydrogen-bond donors (Lipinski definition) is 1. The Kier molecular flexibility index (Phi) is 4.06. The number of imidazole rings is 1. The molecule has 0 saturated carbocycles. The fourth-order valence-electron chi connectivity index (χ4n) is 1.27. The van der Waals surface area contributed by atoms with Gasteiger partial charge in [0.25, 0.3) is 0 Å². The number of H-pyrrole nitrogens is 1. The number of rotatable bonds is 3. The Labute approximate surface area is 94.0 Å². The van der Waals surface area contributed by atoms with Crippen molar-refractivity contribution in [1.29, 1.82) is 0 Å². The molecule has 0 saturated heterocycles. The lowest BCUT2D eigenvalue weighted by atomic mass is 10.1. The van der Waals surface area contributed by atoms with E-state index in [9.17, 15) is 4.79 Å². The number of hydrogen-bond acceptors (Lipinski definition) is 2. The number of ketones is 1. The van der Waals surface area contributed by atoms with Crippen LogP contribution >= 0.6 is 12.4 Å². The fourth-order valence-corrected chi connectivity index (χ4v) is 1.27. The summed E-state index contributed by atoms with van der Waals surface area (Å²) < 4.78 is 0. The summed E-state index contributed by atoms with van der Waals surface area (Å²) in [5, 5.41) is 0. The van der Waals surface area contributed by atoms with Crippen molar-refractivity contribution < 1.29 is 4.79 Å². The molecule has 78 valence electrons. The summed E-state index contributed by atoms with van der Waals surface area (Å²) in [6.07, 6.45) is 3.69. The van der Waals surface area contributed by atoms with Gasteiger partial charge >= 0.3 is 0 Å². The Bertz CT molecular complexity index is 411. The lowest BCUT2D eigenvalue weighted by molar-refractivity contribution is 0.0991. The molecule has 15 heavy (non-hydrogen) atoms. The summed E-state index contributed by atoms with van der Waals surface area (Å²) in [6, 6.07) is 9.23. The molecule has 1 heterocycles. The summed E-state index contributed by atoms with van der Waals surface area (Å²) in [6.45, 7) is 0. The highest BCUT2D eigenvalue weighted by Crippen LogP contribution is 2.03. The third-order valence-electron chi connectivity index (χ3n) is 1.98. The zero-order valence-corrected chi connectivity index (χ0v) is 8.83. The van der Waals surface area contributed by atoms with Crippen molar-refractivity contribution in [2.45, 2.75) is 6.42 Å². The third kappa shape index (κ3) is 2.92. The molecule has 2 aromatic rings. The van der Waals surface area contributed by atoms with Crippen molar-refractivity contribution in [2.75, 3.05) is 0 Å². The maximum Gasteiger partial charge on any atom is 0.170 e. The molecule has 0 fully saturated rings. The summed E-state index contributed by atoms with van der Waals surface area (Å²) in [5.74, 6) is 0.791. The Morgan fingerprint density at radius 3 is 2.60 bits per heavy atom. The minimum absolute atomic E-state index is 0. The van der Waals surface area contributed by atoms with Crippen LogP contribution < -0.4 is 0 Å². The smallest absolute Gasteiger partial charge is 0.170 e. The first-order valence-electron chi connectivity index (χ1n) is 4.43. The molecule has 1 aromatic heterocycles. The number of aromatic amines is 1. The highest BCUT2D eigenvalue weighted by Gasteiger charge is 2.06. The molecule has 0 atom stereocenters. The molecular formula is C11H11ClN2O. The number of benzene rings is 1. The van der Waals surface area contributed by atoms with Gasteiger partial charge < -0.3 is 4.98 Å². The van der Waals surface area contributed by atoms with E-state index in [1.54, 1.807) is 12.4 Å². The van der Waals surface area contributed by atoms with Crippen LogP contribution in [0.3, 0.4) is 0 Å². The topological polar surface area (TPSA) is 45.8 Å². The Balaban J connectivity index is 0.00000112. The van der Waals surface area contributed by atoms with Gasteiger partial charge in [-0.05, 0) is 0 Å². The zero-order chi connectivity index (χ0) is 9.80. The van der Waals surface area contributed by atoms with Crippen LogP contribution in [0.25, 0.3) is 0 Å². The second-order valence-electron chi connectivity index (χ2n) is 3.00. The largest absolute Gasteiger partial charge is 0.348 e. The number of halogens is 1. The molecular weight excluding hydrogens is 212 g/mol. The van der Waals surface area contributed by atoms with Crippen LogP contribution in [0.1, 0.15) is 16.2 Å². The summed E-state index contributed by atoms with van der Waals surface area (Å²) in [5.41, 5.74) is 0.726. The van der Waals surface area contributed by atoms with E-state index in [2.05, 4.69) is 9.97 Å². The van der Waals surface area contributed by atoms with Crippen LogP contribution in [0, 0.1) is 0 Å². The Morgan fingerprint density at radius 2 is 2.00 bits per heavy atom. The van der Waals surface area contributed by atoms with E-state index < -0.39 is 0 Å². The minimum atomic E-state index is 0. The Hall–Kier alpha value is -1.61. The van der Waals surface area contributed by atoms with Gasteiger partial charge in [0, 0.05) is 18.0 Å². The van der Waals surface area contributed by atoms with Gasteiger partial charge in [0.15, 0.2) is 5.78 Å². The van der Waals surface area contributed by atoms with Gasteiger partial charge in [-0.25, -0.2) is 4.98 Å². The monoisotopic (exact) mass is 222 g/mol. The van der Waals surface area contributed by atoms with E-state index in [-0.39, 0.29) is 18.2 Å². The van der Waals surface area contributed by atoms with Crippen molar-refractivity contribution >= 4 is 18.2 Å². The van der Waals surface area contributed by atoms with Crippen molar-refractivity contribution in [2.24, 2.45) is 0 Å². The van der Waals surface area contributed by atoms with Crippen molar-refractivity contribution in [1.82, 2.24) is 9.97 Å². The molecule has 0 spiro atoms. The zero-order valence-electron chi connectivity index (χ0n) is 8.01. The standard InChI is InChI=1S/C11H10N2O.ClH/c14-10(8-11-12-6-7-13-11)9-4-2-1-3-5-9;/h1-7H,8H2,(H,12,13);1H. The van der Waals surface area contributed by atoms with Crippen molar-refractivity contribution in [3.63, 3.8) is 0 Å². The Morgan fingerprint density at radius 1 is 1.27 bits per heavy atom. The lowest BCUT2D eigenvalue weighted by Crippen LogP contribution is -2.04. The first-order chi connectivity index (χ1) is 6.86. The van der Waals surface area contributed by atoms with Gasteiger partial charge in [-0.2, -0.15) is 0 Å². The summed E-state index contributed by atoms with van der Waals surface area (Å²) >= 11 is 0. The first-order valence-corrected chi connectivity index (χ1v) is 4.43. The molecule has 0 aliphatic carbocycles. The lowest BCUT2D eigenvalue weighted by Gasteiger charge is -1.97. The van der Waals surface area contributed by atoms with Gasteiger partial charge in [0.05, 0.1) is 6.42 Å².